The normalized spacial score (nSPS) is 12.8. The number of hydrogen-bond donors (Lipinski definition) is 1. The highest BCUT2D eigenvalue weighted by Crippen LogP contribution is 2.28. The molecule has 2 nitrogen and oxygen atoms in total. The average molecular weight is 340 g/mol. The van der Waals surface area contributed by atoms with Crippen LogP contribution in [-0.2, 0) is 6.61 Å². The molecule has 1 N–H and O–H groups in total. The van der Waals surface area contributed by atoms with Crippen LogP contribution >= 0.6 is 0 Å². The summed E-state index contributed by atoms with van der Waals surface area (Å²) >= 11 is 0. The molecule has 2 aromatic carbocycles. The van der Waals surface area contributed by atoms with Crippen molar-refractivity contribution in [1.29, 1.82) is 0 Å². The molecule has 0 fully saturated rings. The summed E-state index contributed by atoms with van der Waals surface area (Å²) in [5, 5.41) is 3.63. The van der Waals surface area contributed by atoms with E-state index >= 15 is 0 Å². The minimum absolute atomic E-state index is 0.396. The summed E-state index contributed by atoms with van der Waals surface area (Å²) in [6.07, 6.45) is 3.64. The topological polar surface area (TPSA) is 21.3 Å². The quantitative estimate of drug-likeness (QED) is 0.593. The third kappa shape index (κ3) is 7.31. The van der Waals surface area contributed by atoms with E-state index in [2.05, 4.69) is 63.3 Å². The van der Waals surface area contributed by atoms with Gasteiger partial charge in [0.05, 0.1) is 0 Å². The van der Waals surface area contributed by atoms with Gasteiger partial charge in [0.15, 0.2) is 0 Å². The summed E-state index contributed by atoms with van der Waals surface area (Å²) in [5.74, 6) is 0.945. The first-order valence-corrected chi connectivity index (χ1v) is 9.48. The fourth-order valence-corrected chi connectivity index (χ4v) is 3.03. The zero-order valence-corrected chi connectivity index (χ0v) is 16.2. The van der Waals surface area contributed by atoms with Gasteiger partial charge >= 0.3 is 0 Å². The summed E-state index contributed by atoms with van der Waals surface area (Å²) in [6, 6.07) is 19.3. The zero-order chi connectivity index (χ0) is 18.1. The largest absolute Gasteiger partial charge is 0.489 e. The molecule has 0 saturated carbocycles. The first-order chi connectivity index (χ1) is 12.0. The molecule has 2 rings (SSSR count). The van der Waals surface area contributed by atoms with E-state index in [-0.39, 0.29) is 0 Å². The molecule has 136 valence electrons. The van der Waals surface area contributed by atoms with E-state index in [0.717, 1.165) is 18.7 Å². The van der Waals surface area contributed by atoms with Crippen molar-refractivity contribution in [2.75, 3.05) is 6.54 Å². The minimum atomic E-state index is 0.396. The van der Waals surface area contributed by atoms with Gasteiger partial charge in [-0.2, -0.15) is 0 Å². The van der Waals surface area contributed by atoms with E-state index in [9.17, 15) is 0 Å². The monoisotopic (exact) mass is 339 g/mol. The Hall–Kier alpha value is -1.80. The Morgan fingerprint density at radius 1 is 1.00 bits per heavy atom. The fraction of sp³-hybridized carbons (Fsp3) is 0.478. The minimum Gasteiger partial charge on any atom is -0.489 e. The van der Waals surface area contributed by atoms with Gasteiger partial charge in [-0.1, -0.05) is 76.6 Å². The average Bonchev–Trinajstić information content (AvgIpc) is 2.59. The number of ether oxygens (including phenoxy) is 1. The van der Waals surface area contributed by atoms with Crippen molar-refractivity contribution in [2.24, 2.45) is 5.41 Å². The van der Waals surface area contributed by atoms with Crippen molar-refractivity contribution in [2.45, 2.75) is 59.6 Å². The molecular formula is C23H33NO. The van der Waals surface area contributed by atoms with E-state index in [1.807, 2.05) is 24.3 Å². The van der Waals surface area contributed by atoms with Crippen LogP contribution in [0.5, 0.6) is 5.75 Å². The van der Waals surface area contributed by atoms with E-state index in [4.69, 9.17) is 4.74 Å². The maximum absolute atomic E-state index is 5.99. The molecule has 0 saturated heterocycles. The smallest absolute Gasteiger partial charge is 0.120 e. The zero-order valence-electron chi connectivity index (χ0n) is 16.2. The Bertz CT molecular complexity index is 615. The van der Waals surface area contributed by atoms with E-state index < -0.39 is 0 Å². The van der Waals surface area contributed by atoms with Crippen molar-refractivity contribution in [3.05, 3.63) is 65.7 Å². The second-order valence-corrected chi connectivity index (χ2v) is 7.91. The predicted octanol–water partition coefficient (Wildman–Crippen LogP) is 6.13. The van der Waals surface area contributed by atoms with Gasteiger partial charge in [0, 0.05) is 6.04 Å². The molecule has 0 amide bonds. The van der Waals surface area contributed by atoms with Crippen molar-refractivity contribution in [3.63, 3.8) is 0 Å². The van der Waals surface area contributed by atoms with Gasteiger partial charge in [-0.25, -0.2) is 0 Å². The Balaban J connectivity index is 1.98. The van der Waals surface area contributed by atoms with Crippen molar-refractivity contribution in [1.82, 2.24) is 5.32 Å². The lowest BCUT2D eigenvalue weighted by molar-refractivity contribution is 0.305. The maximum Gasteiger partial charge on any atom is 0.120 e. The van der Waals surface area contributed by atoms with Gasteiger partial charge in [-0.05, 0) is 48.1 Å². The Labute approximate surface area is 153 Å². The van der Waals surface area contributed by atoms with Crippen LogP contribution in [0, 0.1) is 5.41 Å². The standard InChI is InChI=1S/C23H33NO/c1-5-24-22(15-10-16-23(2,3)4)20-13-9-14-21(17-20)25-18-19-11-7-6-8-12-19/h6-9,11-14,17,22,24H,5,10,15-16,18H2,1-4H3. The van der Waals surface area contributed by atoms with Crippen LogP contribution in [0.2, 0.25) is 0 Å². The highest BCUT2D eigenvalue weighted by Gasteiger charge is 2.14. The molecular weight excluding hydrogens is 306 g/mol. The van der Waals surface area contributed by atoms with Gasteiger partial charge in [0.25, 0.3) is 0 Å². The van der Waals surface area contributed by atoms with Crippen molar-refractivity contribution in [3.8, 4) is 5.75 Å². The molecule has 25 heavy (non-hydrogen) atoms. The molecule has 2 aromatic rings. The number of benzene rings is 2. The lowest BCUT2D eigenvalue weighted by atomic mass is 9.88. The van der Waals surface area contributed by atoms with E-state index in [1.165, 1.54) is 24.0 Å². The van der Waals surface area contributed by atoms with Crippen LogP contribution in [0.1, 0.15) is 64.1 Å². The van der Waals surface area contributed by atoms with Gasteiger partial charge in [-0.3, -0.25) is 0 Å². The Morgan fingerprint density at radius 2 is 1.76 bits per heavy atom. The molecule has 0 bridgehead atoms. The lowest BCUT2D eigenvalue weighted by Gasteiger charge is -2.22. The fourth-order valence-electron chi connectivity index (χ4n) is 3.03. The maximum atomic E-state index is 5.99. The first-order valence-electron chi connectivity index (χ1n) is 9.48. The molecule has 0 spiro atoms. The molecule has 2 heteroatoms. The molecule has 0 radical (unpaired) electrons. The summed E-state index contributed by atoms with van der Waals surface area (Å²) < 4.78 is 5.99. The first kappa shape index (κ1) is 19.5. The summed E-state index contributed by atoms with van der Waals surface area (Å²) in [6.45, 7) is 10.7. The Morgan fingerprint density at radius 3 is 2.44 bits per heavy atom. The summed E-state index contributed by atoms with van der Waals surface area (Å²) in [4.78, 5) is 0. The van der Waals surface area contributed by atoms with Crippen LogP contribution in [0.3, 0.4) is 0 Å². The van der Waals surface area contributed by atoms with Gasteiger partial charge in [0.1, 0.15) is 12.4 Å². The number of rotatable bonds is 9. The molecule has 0 heterocycles. The van der Waals surface area contributed by atoms with E-state index in [0.29, 0.717) is 18.1 Å². The number of hydrogen-bond acceptors (Lipinski definition) is 2. The predicted molar refractivity (Wildman–Crippen MR) is 107 cm³/mol. The van der Waals surface area contributed by atoms with Crippen LogP contribution in [0.4, 0.5) is 0 Å². The molecule has 0 aliphatic heterocycles. The third-order valence-corrected chi connectivity index (χ3v) is 4.38. The molecule has 0 aliphatic rings. The van der Waals surface area contributed by atoms with Gasteiger partial charge in [-0.15, -0.1) is 0 Å². The summed E-state index contributed by atoms with van der Waals surface area (Å²) in [7, 11) is 0. The third-order valence-electron chi connectivity index (χ3n) is 4.38. The molecule has 0 aromatic heterocycles. The highest BCUT2D eigenvalue weighted by atomic mass is 16.5. The number of nitrogens with one attached hydrogen (secondary N) is 1. The molecule has 1 atom stereocenters. The van der Waals surface area contributed by atoms with Crippen LogP contribution in [0.15, 0.2) is 54.6 Å². The summed E-state index contributed by atoms with van der Waals surface area (Å²) in [5.41, 5.74) is 2.92. The second kappa shape index (κ2) is 9.62. The lowest BCUT2D eigenvalue weighted by Crippen LogP contribution is -2.21. The molecule has 0 aliphatic carbocycles. The van der Waals surface area contributed by atoms with Crippen molar-refractivity contribution >= 4 is 0 Å². The Kier molecular flexibility index (Phi) is 7.52. The van der Waals surface area contributed by atoms with Crippen LogP contribution in [-0.4, -0.2) is 6.54 Å². The van der Waals surface area contributed by atoms with E-state index in [1.54, 1.807) is 0 Å². The molecule has 1 unspecified atom stereocenters. The van der Waals surface area contributed by atoms with Gasteiger partial charge < -0.3 is 10.1 Å². The SMILES string of the molecule is CCNC(CCCC(C)(C)C)c1cccc(OCc2ccccc2)c1. The van der Waals surface area contributed by atoms with Crippen molar-refractivity contribution < 1.29 is 4.74 Å². The van der Waals surface area contributed by atoms with Crippen LogP contribution in [0.25, 0.3) is 0 Å². The highest BCUT2D eigenvalue weighted by molar-refractivity contribution is 5.31. The van der Waals surface area contributed by atoms with Gasteiger partial charge in [0.2, 0.25) is 0 Å². The van der Waals surface area contributed by atoms with Crippen LogP contribution < -0.4 is 10.1 Å². The second-order valence-electron chi connectivity index (χ2n) is 7.91.